The van der Waals surface area contributed by atoms with E-state index in [9.17, 15) is 19.2 Å². The summed E-state index contributed by atoms with van der Waals surface area (Å²) in [5.41, 5.74) is -3.53. The van der Waals surface area contributed by atoms with Crippen molar-refractivity contribution in [1.29, 1.82) is 0 Å². The smallest absolute Gasteiger partial charge is 0.0644 e. The van der Waals surface area contributed by atoms with Crippen LogP contribution in [-0.2, 0) is 0 Å². The van der Waals surface area contributed by atoms with Gasteiger partial charge >= 0.3 is 0 Å². The molecule has 0 nitrogen and oxygen atoms in total. The Labute approximate surface area is 538 Å². The van der Waals surface area contributed by atoms with Crippen molar-refractivity contribution in [3.05, 3.63) is 266 Å². The average molecular weight is 1130 g/mol. The molecule has 0 aliphatic carbocycles. The van der Waals surface area contributed by atoms with Gasteiger partial charge < -0.3 is 0 Å². The summed E-state index contributed by atoms with van der Waals surface area (Å²) in [5.74, 6) is 0. The van der Waals surface area contributed by atoms with Crippen molar-refractivity contribution in [3.8, 4) is 44.5 Å². The second-order valence-electron chi connectivity index (χ2n) is 17.5. The maximum atomic E-state index is 9.60. The first-order valence-corrected chi connectivity index (χ1v) is 26.9. The standard InChI is InChI=1S/2C38H22S2/c1-3-14-29-27(12-1)36(23-20-21-26-24-10-5-7-18-33(24)39-35(26)22-23)28-13-2-4-15-30(28)37(29)32-17-9-16-31-25-11-6-8-19-34(25)40-38(31)32;1-2-14-26-25(13-1)35(31-19-9-17-29-23-11-5-7-21-33(23)39-37(29)31)27-15-3-4-16-28(27)36(26)32-20-10-18-30-24-12-6-8-22-34(24)40-38(30)32/h2*1-22H/i2*1D,2D,3D,4D,5D,6D,7D,8D,9D,10D,11D,12D,13D,14D,15D,16D,17D,18D,19D,20D,21D,22D. The monoisotopic (exact) mass is 1130 g/mol. The van der Waals surface area contributed by atoms with Crippen LogP contribution in [0.1, 0.15) is 60.3 Å². The number of fused-ring (bicyclic) bond motifs is 16. The summed E-state index contributed by atoms with van der Waals surface area (Å²) < 4.78 is 391. The molecular formula is C76H44S4. The lowest BCUT2D eigenvalue weighted by atomic mass is 9.85. The molecule has 0 radical (unpaired) electrons. The summed E-state index contributed by atoms with van der Waals surface area (Å²) in [5, 5.41) is -5.52. The maximum absolute atomic E-state index is 9.60. The molecule has 18 aromatic rings. The Balaban J connectivity index is 0.000000176. The Morgan fingerprint density at radius 1 is 0.188 bits per heavy atom. The molecule has 0 N–H and O–H groups in total. The molecule has 0 saturated carbocycles. The summed E-state index contributed by atoms with van der Waals surface area (Å²) in [6.45, 7) is 0. The van der Waals surface area contributed by atoms with Crippen LogP contribution >= 0.6 is 45.3 Å². The van der Waals surface area contributed by atoms with Crippen LogP contribution in [0.15, 0.2) is 266 Å². The minimum atomic E-state index is -0.852. The minimum Gasteiger partial charge on any atom is -0.135 e. The highest BCUT2D eigenvalue weighted by Gasteiger charge is 2.23. The molecule has 0 bridgehead atoms. The second kappa shape index (κ2) is 18.3. The molecule has 80 heavy (non-hydrogen) atoms. The Morgan fingerprint density at radius 2 is 0.438 bits per heavy atom. The zero-order valence-electron chi connectivity index (χ0n) is 83.6. The molecule has 0 atom stereocenters. The molecule has 0 aliphatic rings. The van der Waals surface area contributed by atoms with Crippen molar-refractivity contribution in [3.63, 3.8) is 0 Å². The summed E-state index contributed by atoms with van der Waals surface area (Å²) >= 11 is 2.79. The largest absolute Gasteiger partial charge is 0.135 e. The van der Waals surface area contributed by atoms with Gasteiger partial charge in [-0.2, -0.15) is 0 Å². The number of benzene rings is 14. The molecule has 0 spiro atoms. The summed E-state index contributed by atoms with van der Waals surface area (Å²) in [6.07, 6.45) is 0. The molecule has 0 aliphatic heterocycles. The van der Waals surface area contributed by atoms with Gasteiger partial charge in [-0.1, -0.05) is 236 Å². The van der Waals surface area contributed by atoms with Crippen LogP contribution in [0, 0.1) is 0 Å². The van der Waals surface area contributed by atoms with Gasteiger partial charge in [0.2, 0.25) is 0 Å². The highest BCUT2D eigenvalue weighted by atomic mass is 32.1. The predicted molar refractivity (Wildman–Crippen MR) is 356 cm³/mol. The molecule has 0 saturated heterocycles. The molecule has 0 fully saturated rings. The number of hydrogen-bond acceptors (Lipinski definition) is 4. The van der Waals surface area contributed by atoms with Crippen LogP contribution in [-0.4, -0.2) is 0 Å². The molecular weight excluding hydrogens is 1040 g/mol. The summed E-state index contributed by atoms with van der Waals surface area (Å²) in [4.78, 5) is 0. The van der Waals surface area contributed by atoms with Gasteiger partial charge in [-0.15, -0.1) is 45.3 Å². The van der Waals surface area contributed by atoms with Crippen LogP contribution in [0.25, 0.3) is 168 Å². The van der Waals surface area contributed by atoms with Crippen molar-refractivity contribution in [1.82, 2.24) is 0 Å². The van der Waals surface area contributed by atoms with Crippen LogP contribution in [0.2, 0.25) is 0 Å². The zero-order chi connectivity index (χ0) is 90.7. The van der Waals surface area contributed by atoms with E-state index in [1.165, 1.54) is 0 Å². The van der Waals surface area contributed by atoms with Crippen LogP contribution < -0.4 is 0 Å². The van der Waals surface area contributed by atoms with Crippen molar-refractivity contribution < 1.29 is 60.3 Å². The first kappa shape index (κ1) is 20.3. The van der Waals surface area contributed by atoms with Gasteiger partial charge in [-0.05, 0) is 101 Å². The Kier molecular flexibility index (Phi) is 4.63. The average Bonchev–Trinajstić information content (AvgIpc) is 1.14. The van der Waals surface area contributed by atoms with E-state index in [0.717, 1.165) is 0 Å². The number of thiophene rings is 4. The fourth-order valence-electron chi connectivity index (χ4n) is 10.2. The Bertz CT molecular complexity index is 7880. The van der Waals surface area contributed by atoms with Crippen molar-refractivity contribution in [2.45, 2.75) is 0 Å². The van der Waals surface area contributed by atoms with E-state index in [1.807, 2.05) is 0 Å². The fraction of sp³-hybridized carbons (Fsp3) is 0. The summed E-state index contributed by atoms with van der Waals surface area (Å²) in [7, 11) is 0. The lowest BCUT2D eigenvalue weighted by Gasteiger charge is -2.18. The van der Waals surface area contributed by atoms with E-state index in [-0.39, 0.29) is 91.8 Å². The van der Waals surface area contributed by atoms with Gasteiger partial charge in [-0.3, -0.25) is 0 Å². The van der Waals surface area contributed by atoms with Crippen LogP contribution in [0.4, 0.5) is 0 Å². The third kappa shape index (κ3) is 6.97. The zero-order valence-corrected chi connectivity index (χ0v) is 42.9. The van der Waals surface area contributed by atoms with Crippen molar-refractivity contribution in [2.24, 2.45) is 0 Å². The summed E-state index contributed by atoms with van der Waals surface area (Å²) in [6, 6.07) is -31.1. The van der Waals surface area contributed by atoms with Crippen LogP contribution in [0.5, 0.6) is 0 Å². The van der Waals surface area contributed by atoms with Gasteiger partial charge in [0, 0.05) is 97.4 Å². The van der Waals surface area contributed by atoms with E-state index in [0.29, 0.717) is 45.3 Å². The molecule has 4 heteroatoms. The molecule has 0 amide bonds. The normalized spacial score (nSPS) is 19.7. The molecule has 0 unspecified atom stereocenters. The molecule has 4 aromatic heterocycles. The van der Waals surface area contributed by atoms with Gasteiger partial charge in [-0.25, -0.2) is 0 Å². The van der Waals surface area contributed by atoms with E-state index in [2.05, 4.69) is 0 Å². The third-order valence-corrected chi connectivity index (χ3v) is 17.8. The molecule has 372 valence electrons. The van der Waals surface area contributed by atoms with Crippen LogP contribution in [0.3, 0.4) is 0 Å². The Hall–Kier alpha value is -9.00. The fourth-order valence-corrected chi connectivity index (χ4v) is 14.4. The lowest BCUT2D eigenvalue weighted by Crippen LogP contribution is -1.91. The maximum Gasteiger partial charge on any atom is 0.0644 e. The highest BCUT2D eigenvalue weighted by molar-refractivity contribution is 7.27. The van der Waals surface area contributed by atoms with E-state index in [4.69, 9.17) is 41.1 Å². The molecule has 14 aromatic carbocycles. The number of rotatable bonds is 4. The van der Waals surface area contributed by atoms with Gasteiger partial charge in [0.25, 0.3) is 0 Å². The lowest BCUT2D eigenvalue weighted by molar-refractivity contribution is 1.71. The third-order valence-electron chi connectivity index (χ3n) is 13.4. The van der Waals surface area contributed by atoms with Crippen molar-refractivity contribution >= 4 is 169 Å². The number of hydrogen-bond donors (Lipinski definition) is 0. The quantitative estimate of drug-likeness (QED) is 0.154. The molecule has 18 rings (SSSR count). The molecule has 4 heterocycles. The Morgan fingerprint density at radius 3 is 0.775 bits per heavy atom. The second-order valence-corrected chi connectivity index (χ2v) is 21.6. The first-order valence-electron chi connectivity index (χ1n) is 45.6. The SMILES string of the molecule is [2H]c1c([2H])c([2H])c2c(sc3c(-c4c5c([2H])c([2H])c([2H])c([2H])c5c(-c5c([2H])c([2H])c([2H])c6c5sc5c([2H])c([2H])c([2H])c([2H])c56)c5c([2H])c([2H])c([2H])c([2H])c45)c([2H])c([2H])c([2H])c32)c1[2H].[2H]c1c([2H])c([2H])c2c(sc3c([2H])c(-c4c5c([2H])c([2H])c([2H])c([2H])c5c(-c5c([2H])c([2H])c([2H])c6c5sc5c([2H])c([2H])c([2H])c([2H])c56)c5c([2H])c([2H])c([2H])c([2H])c45)c([2H])c([2H])c32)c1[2H]. The van der Waals surface area contributed by atoms with Gasteiger partial charge in [0.15, 0.2) is 0 Å². The highest BCUT2D eigenvalue weighted by Crippen LogP contribution is 2.52. The van der Waals surface area contributed by atoms with E-state index >= 15 is 0 Å². The van der Waals surface area contributed by atoms with E-state index < -0.39 is 342 Å². The topological polar surface area (TPSA) is 0 Å². The first-order chi connectivity index (χ1) is 58.0. The minimum absolute atomic E-state index is 0.0421. The van der Waals surface area contributed by atoms with Gasteiger partial charge in [0.1, 0.15) is 0 Å². The van der Waals surface area contributed by atoms with Gasteiger partial charge in [0.05, 0.1) is 60.3 Å². The van der Waals surface area contributed by atoms with E-state index in [1.54, 1.807) is 0 Å². The predicted octanol–water partition coefficient (Wildman–Crippen LogP) is 24.1. The van der Waals surface area contributed by atoms with Crippen molar-refractivity contribution in [2.75, 3.05) is 0 Å².